The van der Waals surface area contributed by atoms with E-state index in [4.69, 9.17) is 5.11 Å². The van der Waals surface area contributed by atoms with E-state index < -0.39 is 0 Å². The zero-order valence-electron chi connectivity index (χ0n) is 7.46. The number of aliphatic hydroxyl groups is 1. The van der Waals surface area contributed by atoms with E-state index in [0.29, 0.717) is 12.1 Å². The maximum atomic E-state index is 11.5. The molecule has 2 N–H and O–H groups in total. The normalized spacial score (nSPS) is 20.1. The van der Waals surface area contributed by atoms with Gasteiger partial charge in [0.05, 0.1) is 6.61 Å². The van der Waals surface area contributed by atoms with Crippen LogP contribution in [0.3, 0.4) is 0 Å². The topological polar surface area (TPSA) is 49.3 Å². The molecule has 1 unspecified atom stereocenters. The van der Waals surface area contributed by atoms with Crippen LogP contribution in [0.5, 0.6) is 0 Å². The summed E-state index contributed by atoms with van der Waals surface area (Å²) in [7, 11) is 0. The Balaban J connectivity index is 2.51. The van der Waals surface area contributed by atoms with Crippen LogP contribution in [0.4, 0.5) is 0 Å². The van der Waals surface area contributed by atoms with Gasteiger partial charge in [-0.3, -0.25) is 4.79 Å². The Bertz CT molecular complexity index is 378. The van der Waals surface area contributed by atoms with Gasteiger partial charge < -0.3 is 10.4 Å². The average Bonchev–Trinajstić information content (AvgIpc) is 2.18. The van der Waals surface area contributed by atoms with Crippen LogP contribution in [-0.4, -0.2) is 24.2 Å². The van der Waals surface area contributed by atoms with Crippen molar-refractivity contribution in [3.63, 3.8) is 0 Å². The molecule has 0 saturated heterocycles. The van der Waals surface area contributed by atoms with Crippen molar-refractivity contribution in [2.45, 2.75) is 5.92 Å². The van der Waals surface area contributed by atoms with Gasteiger partial charge >= 0.3 is 0 Å². The molecule has 0 fully saturated rings. The summed E-state index contributed by atoms with van der Waals surface area (Å²) in [6.45, 7) is 0.572. The second-order valence-electron chi connectivity index (χ2n) is 3.32. The van der Waals surface area contributed by atoms with Crippen molar-refractivity contribution in [2.24, 2.45) is 0 Å². The molecule has 0 bridgehead atoms. The van der Waals surface area contributed by atoms with Gasteiger partial charge in [0, 0.05) is 22.5 Å². The molecule has 1 aromatic carbocycles. The minimum Gasteiger partial charge on any atom is -0.396 e. The lowest BCUT2D eigenvalue weighted by atomic mass is 9.91. The van der Waals surface area contributed by atoms with E-state index in [9.17, 15) is 4.79 Å². The zero-order chi connectivity index (χ0) is 10.1. The van der Waals surface area contributed by atoms with Crippen molar-refractivity contribution in [3.05, 3.63) is 33.8 Å². The highest BCUT2D eigenvalue weighted by Gasteiger charge is 2.24. The van der Waals surface area contributed by atoms with Gasteiger partial charge in [-0.25, -0.2) is 0 Å². The third-order valence-electron chi connectivity index (χ3n) is 2.43. The highest BCUT2D eigenvalue weighted by atomic mass is 79.9. The van der Waals surface area contributed by atoms with E-state index in [-0.39, 0.29) is 18.4 Å². The molecule has 0 radical (unpaired) electrons. The van der Waals surface area contributed by atoms with Crippen LogP contribution in [0.25, 0.3) is 0 Å². The fourth-order valence-electron chi connectivity index (χ4n) is 1.66. The number of aliphatic hydroxyl groups excluding tert-OH is 1. The van der Waals surface area contributed by atoms with Gasteiger partial charge in [0.2, 0.25) is 0 Å². The first kappa shape index (κ1) is 9.68. The number of amides is 1. The number of carbonyl (C=O) groups is 1. The second-order valence-corrected chi connectivity index (χ2v) is 4.24. The van der Waals surface area contributed by atoms with Crippen molar-refractivity contribution in [1.82, 2.24) is 5.32 Å². The lowest BCUT2D eigenvalue weighted by Gasteiger charge is -2.24. The predicted molar refractivity (Wildman–Crippen MR) is 56.3 cm³/mol. The first-order chi connectivity index (χ1) is 6.72. The predicted octanol–water partition coefficient (Wildman–Crippen LogP) is 1.27. The molecule has 1 aromatic rings. The fraction of sp³-hybridized carbons (Fsp3) is 0.300. The number of carbonyl (C=O) groups excluding carboxylic acids is 1. The fourth-order valence-corrected chi connectivity index (χ4v) is 2.04. The number of halogens is 1. The summed E-state index contributed by atoms with van der Waals surface area (Å²) in [5.41, 5.74) is 1.59. The van der Waals surface area contributed by atoms with Crippen molar-refractivity contribution < 1.29 is 9.90 Å². The Labute approximate surface area is 90.3 Å². The van der Waals surface area contributed by atoms with E-state index >= 15 is 0 Å². The van der Waals surface area contributed by atoms with Crippen molar-refractivity contribution in [1.29, 1.82) is 0 Å². The molecule has 3 nitrogen and oxygen atoms in total. The molecule has 1 aliphatic rings. The van der Waals surface area contributed by atoms with Crippen LogP contribution in [0.2, 0.25) is 0 Å². The number of benzene rings is 1. The molecule has 1 aliphatic heterocycles. The molecular weight excluding hydrogens is 246 g/mol. The third-order valence-corrected chi connectivity index (χ3v) is 2.92. The van der Waals surface area contributed by atoms with Gasteiger partial charge in [0.1, 0.15) is 0 Å². The Morgan fingerprint density at radius 2 is 2.36 bits per heavy atom. The molecule has 4 heteroatoms. The van der Waals surface area contributed by atoms with Crippen LogP contribution in [0, 0.1) is 0 Å². The summed E-state index contributed by atoms with van der Waals surface area (Å²) in [6.07, 6.45) is 0. The monoisotopic (exact) mass is 255 g/mol. The third kappa shape index (κ3) is 1.55. The molecule has 1 amide bonds. The van der Waals surface area contributed by atoms with E-state index in [2.05, 4.69) is 21.2 Å². The number of rotatable bonds is 1. The number of hydrogen-bond acceptors (Lipinski definition) is 2. The van der Waals surface area contributed by atoms with Gasteiger partial charge in [-0.15, -0.1) is 0 Å². The maximum Gasteiger partial charge on any atom is 0.251 e. The Hall–Kier alpha value is -0.870. The van der Waals surface area contributed by atoms with Gasteiger partial charge in [0.25, 0.3) is 5.91 Å². The molecule has 0 saturated carbocycles. The SMILES string of the molecule is O=C1NCC(CO)c2cc(Br)ccc21. The standard InChI is InChI=1S/C10H10BrNO2/c11-7-1-2-8-9(3-7)6(5-13)4-12-10(8)14/h1-3,6,13H,4-5H2,(H,12,14). The van der Waals surface area contributed by atoms with Crippen LogP contribution < -0.4 is 5.32 Å². The molecule has 1 atom stereocenters. The molecule has 74 valence electrons. The highest BCUT2D eigenvalue weighted by Crippen LogP contribution is 2.26. The molecule has 0 spiro atoms. The zero-order valence-corrected chi connectivity index (χ0v) is 9.04. The molecule has 0 aliphatic carbocycles. The van der Waals surface area contributed by atoms with Gasteiger partial charge in [-0.2, -0.15) is 0 Å². The first-order valence-corrected chi connectivity index (χ1v) is 5.20. The van der Waals surface area contributed by atoms with Crippen LogP contribution in [0.1, 0.15) is 21.8 Å². The van der Waals surface area contributed by atoms with Gasteiger partial charge in [-0.1, -0.05) is 15.9 Å². The quantitative estimate of drug-likeness (QED) is 0.794. The van der Waals surface area contributed by atoms with E-state index in [1.165, 1.54) is 0 Å². The minimum absolute atomic E-state index is 0.0141. The summed E-state index contributed by atoms with van der Waals surface area (Å²) in [5, 5.41) is 11.9. The Morgan fingerprint density at radius 3 is 3.07 bits per heavy atom. The second kappa shape index (κ2) is 3.71. The summed E-state index contributed by atoms with van der Waals surface area (Å²) >= 11 is 3.35. The summed E-state index contributed by atoms with van der Waals surface area (Å²) < 4.78 is 0.935. The Kier molecular flexibility index (Phi) is 2.56. The lowest BCUT2D eigenvalue weighted by molar-refractivity contribution is 0.0933. The molecular formula is C10H10BrNO2. The summed E-state index contributed by atoms with van der Waals surface area (Å²) in [5.74, 6) is -0.0441. The van der Waals surface area contributed by atoms with Crippen LogP contribution >= 0.6 is 15.9 Å². The smallest absolute Gasteiger partial charge is 0.251 e. The molecule has 1 heterocycles. The van der Waals surface area contributed by atoms with Crippen molar-refractivity contribution in [2.75, 3.05) is 13.2 Å². The summed E-state index contributed by atoms with van der Waals surface area (Å²) in [6, 6.07) is 5.50. The van der Waals surface area contributed by atoms with Crippen LogP contribution in [0.15, 0.2) is 22.7 Å². The van der Waals surface area contributed by atoms with E-state index in [1.807, 2.05) is 12.1 Å². The number of fused-ring (bicyclic) bond motifs is 1. The average molecular weight is 256 g/mol. The maximum absolute atomic E-state index is 11.5. The Morgan fingerprint density at radius 1 is 1.57 bits per heavy atom. The van der Waals surface area contributed by atoms with Crippen LogP contribution in [-0.2, 0) is 0 Å². The number of hydrogen-bond donors (Lipinski definition) is 2. The van der Waals surface area contributed by atoms with Crippen molar-refractivity contribution >= 4 is 21.8 Å². The van der Waals surface area contributed by atoms with Gasteiger partial charge in [-0.05, 0) is 23.8 Å². The minimum atomic E-state index is -0.0581. The largest absolute Gasteiger partial charge is 0.396 e. The van der Waals surface area contributed by atoms with Crippen molar-refractivity contribution in [3.8, 4) is 0 Å². The number of nitrogens with one attached hydrogen (secondary N) is 1. The molecule has 14 heavy (non-hydrogen) atoms. The molecule has 0 aromatic heterocycles. The highest BCUT2D eigenvalue weighted by molar-refractivity contribution is 9.10. The lowest BCUT2D eigenvalue weighted by Crippen LogP contribution is -2.36. The van der Waals surface area contributed by atoms with E-state index in [0.717, 1.165) is 10.0 Å². The first-order valence-electron chi connectivity index (χ1n) is 4.41. The van der Waals surface area contributed by atoms with Gasteiger partial charge in [0.15, 0.2) is 0 Å². The summed E-state index contributed by atoms with van der Waals surface area (Å²) in [4.78, 5) is 11.5. The molecule has 2 rings (SSSR count). The van der Waals surface area contributed by atoms with E-state index in [1.54, 1.807) is 6.07 Å².